The number of aromatic amines is 1. The molecule has 0 amide bonds. The molecular formula is C14H10ClNO2. The number of benzene rings is 2. The summed E-state index contributed by atoms with van der Waals surface area (Å²) in [6, 6.07) is 11.3. The number of carboxylic acid groups (broad SMARTS) is 1. The number of hydrogen-bond acceptors (Lipinski definition) is 1. The van der Waals surface area contributed by atoms with Crippen molar-refractivity contribution < 1.29 is 9.90 Å². The quantitative estimate of drug-likeness (QED) is 0.739. The number of carbonyl (C=O) groups is 1. The van der Waals surface area contributed by atoms with Gasteiger partial charge in [-0.05, 0) is 23.8 Å². The average Bonchev–Trinajstić information content (AvgIpc) is 2.68. The third-order valence-electron chi connectivity index (χ3n) is 3.02. The molecule has 0 fully saturated rings. The smallest absolute Gasteiger partial charge is 0.307 e. The fraction of sp³-hybridized carbons (Fsp3) is 0.0714. The van der Waals surface area contributed by atoms with Crippen LogP contribution in [0, 0.1) is 0 Å². The molecule has 0 radical (unpaired) electrons. The molecule has 2 N–H and O–H groups in total. The normalized spacial score (nSPS) is 11.2. The molecule has 90 valence electrons. The number of halogens is 1. The van der Waals surface area contributed by atoms with Crippen molar-refractivity contribution in [1.29, 1.82) is 0 Å². The molecule has 0 aliphatic rings. The van der Waals surface area contributed by atoms with Gasteiger partial charge in [-0.3, -0.25) is 4.79 Å². The van der Waals surface area contributed by atoms with Crippen molar-refractivity contribution >= 4 is 39.4 Å². The van der Waals surface area contributed by atoms with Crippen LogP contribution in [-0.4, -0.2) is 16.1 Å². The second-order valence-corrected chi connectivity index (χ2v) is 4.66. The van der Waals surface area contributed by atoms with Crippen LogP contribution in [0.1, 0.15) is 5.56 Å². The van der Waals surface area contributed by atoms with E-state index in [4.69, 9.17) is 16.7 Å². The van der Waals surface area contributed by atoms with E-state index in [1.54, 1.807) is 0 Å². The van der Waals surface area contributed by atoms with Gasteiger partial charge in [0.1, 0.15) is 0 Å². The molecule has 0 bridgehead atoms. The van der Waals surface area contributed by atoms with Gasteiger partial charge in [-0.1, -0.05) is 29.8 Å². The van der Waals surface area contributed by atoms with Crippen molar-refractivity contribution in [2.24, 2.45) is 0 Å². The lowest BCUT2D eigenvalue weighted by Crippen LogP contribution is -2.00. The van der Waals surface area contributed by atoms with Crippen LogP contribution in [0.15, 0.2) is 36.4 Å². The Kier molecular flexibility index (Phi) is 2.49. The van der Waals surface area contributed by atoms with Gasteiger partial charge in [0.2, 0.25) is 0 Å². The summed E-state index contributed by atoms with van der Waals surface area (Å²) >= 11 is 5.99. The van der Waals surface area contributed by atoms with Crippen LogP contribution in [0.25, 0.3) is 21.8 Å². The summed E-state index contributed by atoms with van der Waals surface area (Å²) < 4.78 is 0. The molecule has 0 unspecified atom stereocenters. The third-order valence-corrected chi connectivity index (χ3v) is 3.26. The molecule has 3 nitrogen and oxygen atoms in total. The molecule has 0 spiro atoms. The summed E-state index contributed by atoms with van der Waals surface area (Å²) in [5, 5.41) is 11.6. The van der Waals surface area contributed by atoms with Gasteiger partial charge in [0, 0.05) is 21.3 Å². The molecule has 4 heteroatoms. The minimum Gasteiger partial charge on any atom is -0.481 e. The van der Waals surface area contributed by atoms with E-state index in [-0.39, 0.29) is 6.42 Å². The SMILES string of the molecule is O=C(O)Cc1cccc2c1[nH]c1ccc(Cl)cc12. The minimum absolute atomic E-state index is 0.0118. The van der Waals surface area contributed by atoms with Crippen LogP contribution >= 0.6 is 11.6 Å². The molecule has 2 aromatic carbocycles. The van der Waals surface area contributed by atoms with E-state index in [9.17, 15) is 4.79 Å². The van der Waals surface area contributed by atoms with E-state index >= 15 is 0 Å². The van der Waals surface area contributed by atoms with Crippen LogP contribution in [-0.2, 0) is 11.2 Å². The Balaban J connectivity index is 2.35. The van der Waals surface area contributed by atoms with Gasteiger partial charge in [0.15, 0.2) is 0 Å². The molecule has 0 saturated carbocycles. The van der Waals surface area contributed by atoms with Gasteiger partial charge in [-0.2, -0.15) is 0 Å². The van der Waals surface area contributed by atoms with Gasteiger partial charge in [-0.15, -0.1) is 0 Å². The number of hydrogen-bond donors (Lipinski definition) is 2. The van der Waals surface area contributed by atoms with Gasteiger partial charge in [-0.25, -0.2) is 0 Å². The van der Waals surface area contributed by atoms with Crippen LogP contribution in [0.5, 0.6) is 0 Å². The second kappa shape index (κ2) is 4.03. The number of aliphatic carboxylic acids is 1. The van der Waals surface area contributed by atoms with E-state index in [2.05, 4.69) is 4.98 Å². The number of fused-ring (bicyclic) bond motifs is 3. The highest BCUT2D eigenvalue weighted by atomic mass is 35.5. The standard InChI is InChI=1S/C14H10ClNO2/c15-9-4-5-12-11(7-9)10-3-1-2-8(6-13(17)18)14(10)16-12/h1-5,7,16H,6H2,(H,17,18). The lowest BCUT2D eigenvalue weighted by molar-refractivity contribution is -0.136. The molecule has 1 aromatic heterocycles. The number of para-hydroxylation sites is 1. The van der Waals surface area contributed by atoms with E-state index in [1.165, 1.54) is 0 Å². The monoisotopic (exact) mass is 259 g/mol. The highest BCUT2D eigenvalue weighted by Crippen LogP contribution is 2.29. The summed E-state index contributed by atoms with van der Waals surface area (Å²) in [7, 11) is 0. The summed E-state index contributed by atoms with van der Waals surface area (Å²) in [4.78, 5) is 14.1. The number of rotatable bonds is 2. The van der Waals surface area contributed by atoms with E-state index in [0.29, 0.717) is 5.02 Å². The van der Waals surface area contributed by atoms with Crippen molar-refractivity contribution in [2.75, 3.05) is 0 Å². The van der Waals surface area contributed by atoms with Crippen molar-refractivity contribution in [3.05, 3.63) is 47.0 Å². The van der Waals surface area contributed by atoms with Gasteiger partial charge >= 0.3 is 5.97 Å². The Morgan fingerprint density at radius 3 is 2.83 bits per heavy atom. The van der Waals surface area contributed by atoms with E-state index in [0.717, 1.165) is 27.4 Å². The van der Waals surface area contributed by atoms with Crippen molar-refractivity contribution in [2.45, 2.75) is 6.42 Å². The summed E-state index contributed by atoms with van der Waals surface area (Å²) in [6.07, 6.45) is 0.0118. The third kappa shape index (κ3) is 1.73. The molecular weight excluding hydrogens is 250 g/mol. The second-order valence-electron chi connectivity index (χ2n) is 4.23. The minimum atomic E-state index is -0.834. The maximum Gasteiger partial charge on any atom is 0.307 e. The topological polar surface area (TPSA) is 53.1 Å². The van der Waals surface area contributed by atoms with Gasteiger partial charge in [0.05, 0.1) is 11.9 Å². The molecule has 0 aliphatic carbocycles. The lowest BCUT2D eigenvalue weighted by atomic mass is 10.1. The molecule has 3 aromatic rings. The number of nitrogens with one attached hydrogen (secondary N) is 1. The van der Waals surface area contributed by atoms with Crippen molar-refractivity contribution in [1.82, 2.24) is 4.98 Å². The predicted octanol–water partition coefficient (Wildman–Crippen LogP) is 3.60. The maximum absolute atomic E-state index is 10.8. The zero-order chi connectivity index (χ0) is 12.7. The van der Waals surface area contributed by atoms with Crippen molar-refractivity contribution in [3.63, 3.8) is 0 Å². The number of carboxylic acids is 1. The predicted molar refractivity (Wildman–Crippen MR) is 72.2 cm³/mol. The first kappa shape index (κ1) is 11.1. The Morgan fingerprint density at radius 1 is 1.22 bits per heavy atom. The molecule has 18 heavy (non-hydrogen) atoms. The molecule has 0 saturated heterocycles. The zero-order valence-electron chi connectivity index (χ0n) is 9.40. The summed E-state index contributed by atoms with van der Waals surface area (Å²) in [6.45, 7) is 0. The first-order valence-electron chi connectivity index (χ1n) is 5.56. The van der Waals surface area contributed by atoms with Crippen LogP contribution in [0.4, 0.5) is 0 Å². The molecule has 1 heterocycles. The van der Waals surface area contributed by atoms with Crippen LogP contribution in [0.2, 0.25) is 5.02 Å². The lowest BCUT2D eigenvalue weighted by Gasteiger charge is -1.99. The first-order valence-corrected chi connectivity index (χ1v) is 5.93. The largest absolute Gasteiger partial charge is 0.481 e. The van der Waals surface area contributed by atoms with Crippen LogP contribution < -0.4 is 0 Å². The van der Waals surface area contributed by atoms with Gasteiger partial charge < -0.3 is 10.1 Å². The molecule has 0 aliphatic heterocycles. The average molecular weight is 260 g/mol. The number of H-pyrrole nitrogens is 1. The van der Waals surface area contributed by atoms with E-state index < -0.39 is 5.97 Å². The highest BCUT2D eigenvalue weighted by Gasteiger charge is 2.10. The van der Waals surface area contributed by atoms with Gasteiger partial charge in [0.25, 0.3) is 0 Å². The van der Waals surface area contributed by atoms with Crippen LogP contribution in [0.3, 0.4) is 0 Å². The Hall–Kier alpha value is -2.00. The highest BCUT2D eigenvalue weighted by molar-refractivity contribution is 6.31. The molecule has 0 atom stereocenters. The van der Waals surface area contributed by atoms with E-state index in [1.807, 2.05) is 36.4 Å². The molecule has 3 rings (SSSR count). The number of aromatic nitrogens is 1. The Morgan fingerprint density at radius 2 is 2.06 bits per heavy atom. The maximum atomic E-state index is 10.8. The fourth-order valence-electron chi connectivity index (χ4n) is 2.27. The zero-order valence-corrected chi connectivity index (χ0v) is 10.2. The summed E-state index contributed by atoms with van der Waals surface area (Å²) in [5.74, 6) is -0.834. The Bertz CT molecular complexity index is 761. The Labute approximate surface area is 108 Å². The van der Waals surface area contributed by atoms with Crippen molar-refractivity contribution in [3.8, 4) is 0 Å². The first-order chi connectivity index (χ1) is 8.65. The fourth-order valence-corrected chi connectivity index (χ4v) is 2.44. The summed E-state index contributed by atoms with van der Waals surface area (Å²) in [5.41, 5.74) is 2.62.